The van der Waals surface area contributed by atoms with E-state index in [-0.39, 0.29) is 29.7 Å². The molecular formula is C13H23N5O2. The molecule has 2 rings (SSSR count). The number of aromatic nitrogens is 3. The van der Waals surface area contributed by atoms with Gasteiger partial charge in [0, 0.05) is 12.6 Å². The van der Waals surface area contributed by atoms with Crippen molar-refractivity contribution in [1.82, 2.24) is 15.0 Å². The van der Waals surface area contributed by atoms with Crippen molar-refractivity contribution in [2.75, 3.05) is 17.7 Å². The van der Waals surface area contributed by atoms with Gasteiger partial charge in [0.2, 0.25) is 11.9 Å². The van der Waals surface area contributed by atoms with E-state index in [1.54, 1.807) is 0 Å². The van der Waals surface area contributed by atoms with Crippen LogP contribution in [0.1, 0.15) is 40.5 Å². The maximum Gasteiger partial charge on any atom is 0.323 e. The van der Waals surface area contributed by atoms with Gasteiger partial charge < -0.3 is 20.5 Å². The minimum atomic E-state index is -0.133. The van der Waals surface area contributed by atoms with Gasteiger partial charge in [0.05, 0.1) is 11.7 Å². The normalized spacial score (nSPS) is 21.8. The Kier molecular flexibility index (Phi) is 4.27. The van der Waals surface area contributed by atoms with Crippen LogP contribution < -0.4 is 15.8 Å². The maximum absolute atomic E-state index is 5.69. The lowest BCUT2D eigenvalue weighted by Crippen LogP contribution is -2.40. The standard InChI is InChI=1S/C13H23N5O2/c1-8(2)20-12-17-10(14)16-11(18-12)15-9-5-6-19-13(3,4)7-9/h8-9H,5-7H2,1-4H3,(H3,14,15,16,17,18). The molecule has 2 heterocycles. The third kappa shape index (κ3) is 4.19. The lowest BCUT2D eigenvalue weighted by atomic mass is 9.94. The van der Waals surface area contributed by atoms with E-state index in [4.69, 9.17) is 15.2 Å². The van der Waals surface area contributed by atoms with E-state index in [1.165, 1.54) is 0 Å². The van der Waals surface area contributed by atoms with E-state index in [0.29, 0.717) is 5.95 Å². The molecule has 1 aliphatic heterocycles. The Morgan fingerprint density at radius 2 is 2.10 bits per heavy atom. The summed E-state index contributed by atoms with van der Waals surface area (Å²) in [4.78, 5) is 12.3. The van der Waals surface area contributed by atoms with Crippen LogP contribution in [0.2, 0.25) is 0 Å². The minimum absolute atomic E-state index is 0.00772. The number of hydrogen-bond acceptors (Lipinski definition) is 7. The van der Waals surface area contributed by atoms with Gasteiger partial charge in [0.15, 0.2) is 0 Å². The predicted octanol–water partition coefficient (Wildman–Crippen LogP) is 1.61. The third-order valence-corrected chi connectivity index (χ3v) is 3.00. The molecule has 0 spiro atoms. The summed E-state index contributed by atoms with van der Waals surface area (Å²) in [5.41, 5.74) is 5.55. The van der Waals surface area contributed by atoms with Crippen LogP contribution in [-0.4, -0.2) is 39.3 Å². The van der Waals surface area contributed by atoms with Crippen molar-refractivity contribution in [2.45, 2.75) is 58.3 Å². The van der Waals surface area contributed by atoms with Crippen LogP contribution in [0.15, 0.2) is 0 Å². The second kappa shape index (κ2) is 5.78. The summed E-state index contributed by atoms with van der Waals surface area (Å²) < 4.78 is 11.1. The Balaban J connectivity index is 2.07. The van der Waals surface area contributed by atoms with E-state index in [9.17, 15) is 0 Å². The SMILES string of the molecule is CC(C)Oc1nc(N)nc(NC2CCOC(C)(C)C2)n1. The molecule has 1 aliphatic rings. The topological polar surface area (TPSA) is 95.2 Å². The molecule has 0 amide bonds. The number of hydrogen-bond donors (Lipinski definition) is 2. The fourth-order valence-electron chi connectivity index (χ4n) is 2.24. The van der Waals surface area contributed by atoms with Crippen molar-refractivity contribution in [1.29, 1.82) is 0 Å². The average Bonchev–Trinajstić information content (AvgIpc) is 2.25. The Morgan fingerprint density at radius 3 is 2.75 bits per heavy atom. The molecule has 0 aliphatic carbocycles. The van der Waals surface area contributed by atoms with E-state index >= 15 is 0 Å². The van der Waals surface area contributed by atoms with Crippen LogP contribution in [0.3, 0.4) is 0 Å². The number of rotatable bonds is 4. The molecule has 0 radical (unpaired) electrons. The first kappa shape index (κ1) is 14.8. The van der Waals surface area contributed by atoms with Crippen molar-refractivity contribution >= 4 is 11.9 Å². The Labute approximate surface area is 119 Å². The van der Waals surface area contributed by atoms with Gasteiger partial charge in [-0.25, -0.2) is 0 Å². The van der Waals surface area contributed by atoms with E-state index in [0.717, 1.165) is 19.4 Å². The molecule has 7 heteroatoms. The average molecular weight is 281 g/mol. The van der Waals surface area contributed by atoms with E-state index in [2.05, 4.69) is 34.1 Å². The molecule has 1 aromatic heterocycles. The predicted molar refractivity (Wildman–Crippen MR) is 76.7 cm³/mol. The van der Waals surface area contributed by atoms with E-state index < -0.39 is 0 Å². The zero-order valence-corrected chi connectivity index (χ0v) is 12.5. The second-order valence-electron chi connectivity index (χ2n) is 5.91. The molecule has 20 heavy (non-hydrogen) atoms. The summed E-state index contributed by atoms with van der Waals surface area (Å²) in [6.45, 7) is 8.70. The van der Waals surface area contributed by atoms with Gasteiger partial charge in [-0.15, -0.1) is 0 Å². The number of anilines is 2. The number of nitrogen functional groups attached to an aromatic ring is 1. The third-order valence-electron chi connectivity index (χ3n) is 3.00. The molecule has 112 valence electrons. The monoisotopic (exact) mass is 281 g/mol. The van der Waals surface area contributed by atoms with Crippen LogP contribution in [0, 0.1) is 0 Å². The molecule has 1 unspecified atom stereocenters. The van der Waals surface area contributed by atoms with Crippen LogP contribution in [0.5, 0.6) is 6.01 Å². The number of nitrogens with one attached hydrogen (secondary N) is 1. The molecule has 0 aromatic carbocycles. The Bertz CT molecular complexity index is 464. The van der Waals surface area contributed by atoms with Crippen molar-refractivity contribution in [3.8, 4) is 6.01 Å². The highest BCUT2D eigenvalue weighted by Gasteiger charge is 2.29. The lowest BCUT2D eigenvalue weighted by molar-refractivity contribution is -0.0554. The first-order valence-electron chi connectivity index (χ1n) is 6.93. The van der Waals surface area contributed by atoms with Gasteiger partial charge in [-0.05, 0) is 40.5 Å². The smallest absolute Gasteiger partial charge is 0.323 e. The zero-order valence-electron chi connectivity index (χ0n) is 12.5. The summed E-state index contributed by atoms with van der Waals surface area (Å²) in [5, 5.41) is 3.29. The Morgan fingerprint density at radius 1 is 1.35 bits per heavy atom. The fraction of sp³-hybridized carbons (Fsp3) is 0.769. The number of nitrogens with zero attached hydrogens (tertiary/aromatic N) is 3. The highest BCUT2D eigenvalue weighted by Crippen LogP contribution is 2.26. The largest absolute Gasteiger partial charge is 0.461 e. The Hall–Kier alpha value is -1.63. The van der Waals surface area contributed by atoms with Gasteiger partial charge in [-0.2, -0.15) is 15.0 Å². The molecule has 0 bridgehead atoms. The number of nitrogens with two attached hydrogens (primary N) is 1. The zero-order chi connectivity index (χ0) is 14.8. The molecule has 7 nitrogen and oxygen atoms in total. The van der Waals surface area contributed by atoms with Crippen molar-refractivity contribution in [2.24, 2.45) is 0 Å². The van der Waals surface area contributed by atoms with Gasteiger partial charge in [-0.1, -0.05) is 0 Å². The molecule has 1 fully saturated rings. The summed E-state index contributed by atoms with van der Waals surface area (Å²) in [6.07, 6.45) is 1.79. The first-order valence-corrected chi connectivity index (χ1v) is 6.93. The first-order chi connectivity index (χ1) is 9.34. The highest BCUT2D eigenvalue weighted by atomic mass is 16.5. The van der Waals surface area contributed by atoms with Gasteiger partial charge in [-0.3, -0.25) is 0 Å². The van der Waals surface area contributed by atoms with Crippen LogP contribution in [-0.2, 0) is 4.74 Å². The van der Waals surface area contributed by atoms with Gasteiger partial charge >= 0.3 is 6.01 Å². The molecule has 1 atom stereocenters. The summed E-state index contributed by atoms with van der Waals surface area (Å²) in [6, 6.07) is 0.508. The summed E-state index contributed by atoms with van der Waals surface area (Å²) in [5.74, 6) is 0.611. The molecule has 3 N–H and O–H groups in total. The summed E-state index contributed by atoms with van der Waals surface area (Å²) in [7, 11) is 0. The van der Waals surface area contributed by atoms with Gasteiger partial charge in [0.1, 0.15) is 0 Å². The molecule has 0 saturated carbocycles. The molecular weight excluding hydrogens is 258 g/mol. The van der Waals surface area contributed by atoms with Crippen LogP contribution >= 0.6 is 0 Å². The van der Waals surface area contributed by atoms with Crippen molar-refractivity contribution in [3.05, 3.63) is 0 Å². The number of ether oxygens (including phenoxy) is 2. The molecule has 1 saturated heterocycles. The van der Waals surface area contributed by atoms with Crippen LogP contribution in [0.4, 0.5) is 11.9 Å². The van der Waals surface area contributed by atoms with Gasteiger partial charge in [0.25, 0.3) is 0 Å². The lowest BCUT2D eigenvalue weighted by Gasteiger charge is -2.35. The highest BCUT2D eigenvalue weighted by molar-refractivity contribution is 5.33. The summed E-state index contributed by atoms with van der Waals surface area (Å²) >= 11 is 0. The van der Waals surface area contributed by atoms with Crippen LogP contribution in [0.25, 0.3) is 0 Å². The van der Waals surface area contributed by atoms with Crippen molar-refractivity contribution in [3.63, 3.8) is 0 Å². The maximum atomic E-state index is 5.69. The quantitative estimate of drug-likeness (QED) is 0.865. The fourth-order valence-corrected chi connectivity index (χ4v) is 2.24. The minimum Gasteiger partial charge on any atom is -0.461 e. The molecule has 1 aromatic rings. The second-order valence-corrected chi connectivity index (χ2v) is 5.91. The van der Waals surface area contributed by atoms with E-state index in [1.807, 2.05) is 13.8 Å². The van der Waals surface area contributed by atoms with Crippen molar-refractivity contribution < 1.29 is 9.47 Å².